The number of nitrogens with two attached hydrogens (primary N) is 2. The molecule has 1 aromatic carbocycles. The molecule has 0 aliphatic carbocycles. The summed E-state index contributed by atoms with van der Waals surface area (Å²) in [5.41, 5.74) is 6.73. The summed E-state index contributed by atoms with van der Waals surface area (Å²) in [4.78, 5) is 0.108. The van der Waals surface area contributed by atoms with Gasteiger partial charge in [0.1, 0.15) is 0 Å². The zero-order valence-corrected chi connectivity index (χ0v) is 9.91. The number of benzene rings is 1. The molecule has 1 aromatic rings. The summed E-state index contributed by atoms with van der Waals surface area (Å²) in [6.45, 7) is 0.469. The molecule has 0 heterocycles. The van der Waals surface area contributed by atoms with Crippen LogP contribution in [0.25, 0.3) is 0 Å². The van der Waals surface area contributed by atoms with Gasteiger partial charge in [-0.25, -0.2) is 13.6 Å². The molecule has 1 atom stereocenters. The Morgan fingerprint density at radius 1 is 1.31 bits per heavy atom. The van der Waals surface area contributed by atoms with Crippen molar-refractivity contribution < 1.29 is 13.2 Å². The molecule has 0 saturated heterocycles. The Labute approximate surface area is 95.4 Å². The van der Waals surface area contributed by atoms with Gasteiger partial charge in [-0.15, -0.1) is 0 Å². The highest BCUT2D eigenvalue weighted by atomic mass is 32.2. The van der Waals surface area contributed by atoms with E-state index in [1.807, 2.05) is 0 Å². The van der Waals surface area contributed by atoms with Crippen molar-refractivity contribution in [3.05, 3.63) is 29.8 Å². The highest BCUT2D eigenvalue weighted by molar-refractivity contribution is 7.89. The fraction of sp³-hybridized carbons (Fsp3) is 0.400. The topological polar surface area (TPSA) is 95.4 Å². The van der Waals surface area contributed by atoms with Crippen LogP contribution in [0, 0.1) is 0 Å². The van der Waals surface area contributed by atoms with E-state index in [1.54, 1.807) is 19.2 Å². The van der Waals surface area contributed by atoms with Crippen molar-refractivity contribution in [2.75, 3.05) is 13.7 Å². The molecule has 6 heteroatoms. The zero-order chi connectivity index (χ0) is 12.2. The van der Waals surface area contributed by atoms with Gasteiger partial charge in [-0.3, -0.25) is 0 Å². The standard InChI is InChI=1S/C10H16N2O3S/c1-15-7-9(11)6-8-2-4-10(5-3-8)16(12,13)14/h2-5,9H,6-7,11H2,1H3,(H2,12,13,14). The molecule has 1 unspecified atom stereocenters. The quantitative estimate of drug-likeness (QED) is 0.753. The van der Waals surface area contributed by atoms with Gasteiger partial charge in [0.15, 0.2) is 0 Å². The van der Waals surface area contributed by atoms with Crippen LogP contribution in [0.4, 0.5) is 0 Å². The van der Waals surface area contributed by atoms with Gasteiger partial charge < -0.3 is 10.5 Å². The van der Waals surface area contributed by atoms with E-state index in [9.17, 15) is 8.42 Å². The molecule has 16 heavy (non-hydrogen) atoms. The van der Waals surface area contributed by atoms with Crippen LogP contribution in [0.1, 0.15) is 5.56 Å². The molecule has 90 valence electrons. The van der Waals surface area contributed by atoms with Gasteiger partial charge in [0.2, 0.25) is 10.0 Å². The lowest BCUT2D eigenvalue weighted by Crippen LogP contribution is -2.27. The van der Waals surface area contributed by atoms with Crippen LogP contribution in [-0.4, -0.2) is 28.2 Å². The highest BCUT2D eigenvalue weighted by Crippen LogP contribution is 2.10. The molecule has 0 saturated carbocycles. The minimum absolute atomic E-state index is 0.0923. The maximum Gasteiger partial charge on any atom is 0.238 e. The molecule has 0 aromatic heterocycles. The average molecular weight is 244 g/mol. The predicted molar refractivity (Wildman–Crippen MR) is 61.4 cm³/mol. The summed E-state index contributed by atoms with van der Waals surface area (Å²) in [6.07, 6.45) is 0.638. The summed E-state index contributed by atoms with van der Waals surface area (Å²) in [5, 5.41) is 4.98. The number of sulfonamides is 1. The Kier molecular flexibility index (Phi) is 4.43. The molecule has 0 amide bonds. The van der Waals surface area contributed by atoms with Crippen molar-refractivity contribution in [3.8, 4) is 0 Å². The van der Waals surface area contributed by atoms with Crippen LogP contribution in [-0.2, 0) is 21.2 Å². The monoisotopic (exact) mass is 244 g/mol. The lowest BCUT2D eigenvalue weighted by atomic mass is 10.1. The van der Waals surface area contributed by atoms with E-state index in [1.165, 1.54) is 12.1 Å². The number of rotatable bonds is 5. The molecular formula is C10H16N2O3S. The summed E-state index contributed by atoms with van der Waals surface area (Å²) in [6, 6.07) is 6.27. The maximum atomic E-state index is 11.0. The zero-order valence-electron chi connectivity index (χ0n) is 9.09. The smallest absolute Gasteiger partial charge is 0.238 e. The van der Waals surface area contributed by atoms with Crippen molar-refractivity contribution in [3.63, 3.8) is 0 Å². The van der Waals surface area contributed by atoms with Gasteiger partial charge >= 0.3 is 0 Å². The number of methoxy groups -OCH3 is 1. The average Bonchev–Trinajstić information content (AvgIpc) is 2.17. The predicted octanol–water partition coefficient (Wildman–Crippen LogP) is -0.150. The van der Waals surface area contributed by atoms with E-state index in [0.29, 0.717) is 13.0 Å². The number of ether oxygens (including phenoxy) is 1. The van der Waals surface area contributed by atoms with E-state index in [2.05, 4.69) is 0 Å². The summed E-state index contributed by atoms with van der Waals surface area (Å²) < 4.78 is 26.9. The summed E-state index contributed by atoms with van der Waals surface area (Å²) in [7, 11) is -2.03. The first-order chi connectivity index (χ1) is 7.43. The van der Waals surface area contributed by atoms with E-state index in [0.717, 1.165) is 5.56 Å². The molecule has 0 spiro atoms. The number of primary sulfonamides is 1. The Balaban J connectivity index is 2.72. The molecular weight excluding hydrogens is 228 g/mol. The summed E-state index contributed by atoms with van der Waals surface area (Å²) in [5.74, 6) is 0. The van der Waals surface area contributed by atoms with Gasteiger partial charge in [0.25, 0.3) is 0 Å². The molecule has 0 bridgehead atoms. The van der Waals surface area contributed by atoms with Gasteiger partial charge in [-0.05, 0) is 24.1 Å². The van der Waals surface area contributed by atoms with Gasteiger partial charge in [0, 0.05) is 13.2 Å². The largest absolute Gasteiger partial charge is 0.383 e. The second-order valence-corrected chi connectivity index (χ2v) is 5.17. The van der Waals surface area contributed by atoms with Crippen LogP contribution in [0.15, 0.2) is 29.2 Å². The van der Waals surface area contributed by atoms with E-state index >= 15 is 0 Å². The van der Waals surface area contributed by atoms with Crippen LogP contribution in [0.2, 0.25) is 0 Å². The number of hydrogen-bond donors (Lipinski definition) is 2. The van der Waals surface area contributed by atoms with Crippen molar-refractivity contribution in [2.24, 2.45) is 10.9 Å². The molecule has 5 nitrogen and oxygen atoms in total. The fourth-order valence-electron chi connectivity index (χ4n) is 1.39. The Morgan fingerprint density at radius 2 is 1.88 bits per heavy atom. The highest BCUT2D eigenvalue weighted by Gasteiger charge is 2.08. The van der Waals surface area contributed by atoms with Crippen molar-refractivity contribution >= 4 is 10.0 Å². The molecule has 0 aliphatic rings. The van der Waals surface area contributed by atoms with Crippen molar-refractivity contribution in [1.29, 1.82) is 0 Å². The van der Waals surface area contributed by atoms with Gasteiger partial charge in [0.05, 0.1) is 11.5 Å². The minimum Gasteiger partial charge on any atom is -0.383 e. The van der Waals surface area contributed by atoms with Crippen LogP contribution < -0.4 is 10.9 Å². The second kappa shape index (κ2) is 5.40. The van der Waals surface area contributed by atoms with Gasteiger partial charge in [-0.1, -0.05) is 12.1 Å². The maximum absolute atomic E-state index is 11.0. The van der Waals surface area contributed by atoms with Crippen LogP contribution in [0.3, 0.4) is 0 Å². The van der Waals surface area contributed by atoms with Crippen molar-refractivity contribution in [1.82, 2.24) is 0 Å². The van der Waals surface area contributed by atoms with E-state index in [-0.39, 0.29) is 10.9 Å². The summed E-state index contributed by atoms with van der Waals surface area (Å²) >= 11 is 0. The first kappa shape index (κ1) is 13.1. The van der Waals surface area contributed by atoms with E-state index < -0.39 is 10.0 Å². The lowest BCUT2D eigenvalue weighted by Gasteiger charge is -2.10. The van der Waals surface area contributed by atoms with E-state index in [4.69, 9.17) is 15.6 Å². The Morgan fingerprint density at radius 3 is 2.31 bits per heavy atom. The van der Waals surface area contributed by atoms with Gasteiger partial charge in [-0.2, -0.15) is 0 Å². The third kappa shape index (κ3) is 3.90. The molecule has 0 radical (unpaired) electrons. The first-order valence-electron chi connectivity index (χ1n) is 4.79. The van der Waals surface area contributed by atoms with Crippen molar-refractivity contribution in [2.45, 2.75) is 17.4 Å². The van der Waals surface area contributed by atoms with Crippen LogP contribution >= 0.6 is 0 Å². The number of hydrogen-bond acceptors (Lipinski definition) is 4. The molecule has 1 rings (SSSR count). The molecule has 4 N–H and O–H groups in total. The minimum atomic E-state index is -3.61. The first-order valence-corrected chi connectivity index (χ1v) is 6.34. The SMILES string of the molecule is COCC(N)Cc1ccc(S(N)(=O)=O)cc1. The third-order valence-electron chi connectivity index (χ3n) is 2.13. The Bertz CT molecular complexity index is 428. The molecule has 0 aliphatic heterocycles. The molecule has 0 fully saturated rings. The van der Waals surface area contributed by atoms with Crippen LogP contribution in [0.5, 0.6) is 0 Å². The fourth-order valence-corrected chi connectivity index (χ4v) is 1.91. The Hall–Kier alpha value is -0.950. The second-order valence-electron chi connectivity index (χ2n) is 3.61. The third-order valence-corrected chi connectivity index (χ3v) is 3.06. The normalized spacial score (nSPS) is 13.7. The lowest BCUT2D eigenvalue weighted by molar-refractivity contribution is 0.180.